The minimum atomic E-state index is -4.42. The number of hydrogen-bond acceptors (Lipinski definition) is 3. The van der Waals surface area contributed by atoms with Crippen molar-refractivity contribution in [1.82, 2.24) is 4.98 Å². The van der Waals surface area contributed by atoms with Crippen molar-refractivity contribution in [3.63, 3.8) is 0 Å². The van der Waals surface area contributed by atoms with E-state index in [-0.39, 0.29) is 5.25 Å². The summed E-state index contributed by atoms with van der Waals surface area (Å²) in [5.41, 5.74) is -0.274. The molecule has 19 heavy (non-hydrogen) atoms. The van der Waals surface area contributed by atoms with E-state index < -0.39 is 22.6 Å². The SMILES string of the molecule is CC.CC(c1ccc(C(F)(F)F)nc1)S(C)=NC#N. The summed E-state index contributed by atoms with van der Waals surface area (Å²) in [5, 5.41) is 8.29. The average Bonchev–Trinajstić information content (AvgIpc) is 2.39. The van der Waals surface area contributed by atoms with E-state index in [0.29, 0.717) is 5.56 Å². The zero-order valence-corrected chi connectivity index (χ0v) is 12.0. The molecule has 106 valence electrons. The second-order valence-electron chi connectivity index (χ2n) is 3.33. The number of nitrogens with zero attached hydrogens (tertiary/aromatic N) is 3. The lowest BCUT2D eigenvalue weighted by atomic mass is 10.2. The van der Waals surface area contributed by atoms with Crippen LogP contribution in [0.25, 0.3) is 0 Å². The number of alkyl halides is 3. The Morgan fingerprint density at radius 2 is 1.95 bits per heavy atom. The lowest BCUT2D eigenvalue weighted by molar-refractivity contribution is -0.141. The number of pyridine rings is 1. The van der Waals surface area contributed by atoms with Gasteiger partial charge in [-0.05, 0) is 24.8 Å². The first-order valence-corrected chi connectivity index (χ1v) is 7.29. The number of halogens is 3. The van der Waals surface area contributed by atoms with Gasteiger partial charge in [0.1, 0.15) is 5.69 Å². The van der Waals surface area contributed by atoms with Gasteiger partial charge in [0.15, 0.2) is 0 Å². The highest BCUT2D eigenvalue weighted by Gasteiger charge is 2.32. The normalized spacial score (nSPS) is 14.0. The minimum Gasteiger partial charge on any atom is -0.251 e. The molecule has 0 fully saturated rings. The third-order valence-electron chi connectivity index (χ3n) is 2.24. The van der Waals surface area contributed by atoms with Gasteiger partial charge >= 0.3 is 6.18 Å². The van der Waals surface area contributed by atoms with Gasteiger partial charge in [0, 0.05) is 11.4 Å². The van der Waals surface area contributed by atoms with Crippen molar-refractivity contribution in [2.24, 2.45) is 4.36 Å². The molecule has 1 aromatic rings. The van der Waals surface area contributed by atoms with Crippen LogP contribution in [-0.4, -0.2) is 11.2 Å². The van der Waals surface area contributed by atoms with Gasteiger partial charge in [0.05, 0.1) is 0 Å². The van der Waals surface area contributed by atoms with Crippen LogP contribution in [0.4, 0.5) is 13.2 Å². The minimum absolute atomic E-state index is 0.121. The fraction of sp³-hybridized carbons (Fsp3) is 0.500. The molecule has 0 N–H and O–H groups in total. The van der Waals surface area contributed by atoms with Crippen LogP contribution in [0.15, 0.2) is 22.7 Å². The van der Waals surface area contributed by atoms with Gasteiger partial charge < -0.3 is 0 Å². The molecule has 0 saturated carbocycles. The standard InChI is InChI=1S/C10H10F3N3S.C2H6/c1-7(17(2)16-6-14)8-3-4-9(15-5-8)10(11,12)13;1-2/h3-5,7H,1-2H3;1-2H3. The van der Waals surface area contributed by atoms with Crippen LogP contribution < -0.4 is 0 Å². The average molecular weight is 291 g/mol. The Morgan fingerprint density at radius 3 is 2.32 bits per heavy atom. The second kappa shape index (κ2) is 7.89. The van der Waals surface area contributed by atoms with E-state index in [1.165, 1.54) is 12.3 Å². The monoisotopic (exact) mass is 291 g/mol. The highest BCUT2D eigenvalue weighted by Crippen LogP contribution is 2.28. The fourth-order valence-electron chi connectivity index (χ4n) is 1.15. The van der Waals surface area contributed by atoms with E-state index in [4.69, 9.17) is 5.26 Å². The van der Waals surface area contributed by atoms with Crippen LogP contribution in [0.1, 0.15) is 37.3 Å². The molecule has 1 rings (SSSR count). The predicted octanol–water partition coefficient (Wildman–Crippen LogP) is 4.10. The Labute approximate surface area is 113 Å². The molecule has 2 unspecified atom stereocenters. The van der Waals surface area contributed by atoms with Gasteiger partial charge in [0.25, 0.3) is 0 Å². The molecule has 0 bridgehead atoms. The summed E-state index contributed by atoms with van der Waals surface area (Å²) in [6, 6.07) is 2.31. The number of nitriles is 1. The Bertz CT molecular complexity index is 461. The molecule has 0 amide bonds. The Kier molecular flexibility index (Phi) is 7.30. The molecule has 1 heterocycles. The van der Waals surface area contributed by atoms with Crippen molar-refractivity contribution in [3.05, 3.63) is 29.6 Å². The Hall–Kier alpha value is -1.42. The third kappa shape index (κ3) is 5.39. The molecule has 0 radical (unpaired) electrons. The van der Waals surface area contributed by atoms with Crippen molar-refractivity contribution in [3.8, 4) is 6.19 Å². The van der Waals surface area contributed by atoms with E-state index >= 15 is 0 Å². The van der Waals surface area contributed by atoms with Gasteiger partial charge in [-0.2, -0.15) is 22.8 Å². The number of rotatable bonds is 2. The van der Waals surface area contributed by atoms with Gasteiger partial charge in [-0.1, -0.05) is 30.6 Å². The summed E-state index contributed by atoms with van der Waals surface area (Å²) < 4.78 is 40.5. The molecule has 2 atom stereocenters. The first-order chi connectivity index (χ1) is 8.86. The zero-order chi connectivity index (χ0) is 15.1. The molecule has 0 aliphatic heterocycles. The summed E-state index contributed by atoms with van der Waals surface area (Å²) in [7, 11) is -0.551. The molecular formula is C12H16F3N3S. The highest BCUT2D eigenvalue weighted by molar-refractivity contribution is 7.86. The molecule has 0 aromatic carbocycles. The summed E-state index contributed by atoms with van der Waals surface area (Å²) in [5.74, 6) is 0. The molecule has 1 aromatic heterocycles. The molecule has 0 spiro atoms. The van der Waals surface area contributed by atoms with E-state index in [9.17, 15) is 13.2 Å². The van der Waals surface area contributed by atoms with Gasteiger partial charge in [0.2, 0.25) is 6.19 Å². The van der Waals surface area contributed by atoms with E-state index in [1.54, 1.807) is 19.4 Å². The molecule has 3 nitrogen and oxygen atoms in total. The van der Waals surface area contributed by atoms with Gasteiger partial charge in [-0.3, -0.25) is 4.98 Å². The van der Waals surface area contributed by atoms with Crippen molar-refractivity contribution < 1.29 is 13.2 Å². The first kappa shape index (κ1) is 17.6. The maximum Gasteiger partial charge on any atom is 0.433 e. The zero-order valence-electron chi connectivity index (χ0n) is 11.2. The highest BCUT2D eigenvalue weighted by atomic mass is 32.2. The van der Waals surface area contributed by atoms with Crippen molar-refractivity contribution in [1.29, 1.82) is 5.26 Å². The summed E-state index contributed by atoms with van der Waals surface area (Å²) in [4.78, 5) is 3.37. The van der Waals surface area contributed by atoms with E-state index in [1.807, 2.05) is 13.8 Å². The molecule has 0 aliphatic rings. The summed E-state index contributed by atoms with van der Waals surface area (Å²) in [6.07, 6.45) is 0.207. The van der Waals surface area contributed by atoms with Crippen molar-refractivity contribution in [2.45, 2.75) is 32.2 Å². The maximum atomic E-state index is 12.3. The van der Waals surface area contributed by atoms with E-state index in [2.05, 4.69) is 9.35 Å². The third-order valence-corrected chi connectivity index (χ3v) is 3.91. The van der Waals surface area contributed by atoms with Crippen molar-refractivity contribution >= 4 is 10.7 Å². The topological polar surface area (TPSA) is 49.0 Å². The van der Waals surface area contributed by atoms with Crippen molar-refractivity contribution in [2.75, 3.05) is 6.26 Å². The number of hydrogen-bond donors (Lipinski definition) is 0. The Balaban J connectivity index is 0.00000154. The molecule has 0 aliphatic carbocycles. The number of aromatic nitrogens is 1. The van der Waals surface area contributed by atoms with Crippen LogP contribution in [0.2, 0.25) is 0 Å². The second-order valence-corrected chi connectivity index (χ2v) is 5.27. The first-order valence-electron chi connectivity index (χ1n) is 5.64. The maximum absolute atomic E-state index is 12.3. The lowest BCUT2D eigenvalue weighted by Crippen LogP contribution is -2.09. The summed E-state index contributed by atoms with van der Waals surface area (Å²) in [6.45, 7) is 5.80. The summed E-state index contributed by atoms with van der Waals surface area (Å²) >= 11 is 0. The smallest absolute Gasteiger partial charge is 0.251 e. The predicted molar refractivity (Wildman–Crippen MR) is 70.3 cm³/mol. The molecule has 0 saturated heterocycles. The van der Waals surface area contributed by atoms with Crippen LogP contribution in [0, 0.1) is 11.5 Å². The van der Waals surface area contributed by atoms with Gasteiger partial charge in [-0.15, -0.1) is 0 Å². The van der Waals surface area contributed by atoms with Gasteiger partial charge in [-0.25, -0.2) is 0 Å². The van der Waals surface area contributed by atoms with Crippen LogP contribution >= 0.6 is 0 Å². The van der Waals surface area contributed by atoms with E-state index in [0.717, 1.165) is 6.07 Å². The van der Waals surface area contributed by atoms with Crippen LogP contribution in [0.3, 0.4) is 0 Å². The largest absolute Gasteiger partial charge is 0.433 e. The quantitative estimate of drug-likeness (QED) is 0.770. The van der Waals surface area contributed by atoms with Crippen LogP contribution in [0.5, 0.6) is 0 Å². The fourth-order valence-corrected chi connectivity index (χ4v) is 1.97. The Morgan fingerprint density at radius 1 is 1.37 bits per heavy atom. The lowest BCUT2D eigenvalue weighted by Gasteiger charge is -2.12. The van der Waals surface area contributed by atoms with Crippen LogP contribution in [-0.2, 0) is 16.9 Å². The molecular weight excluding hydrogens is 275 g/mol. The molecule has 7 heteroatoms.